The summed E-state index contributed by atoms with van der Waals surface area (Å²) in [7, 11) is 3.51. The van der Waals surface area contributed by atoms with Gasteiger partial charge in [-0.1, -0.05) is 12.1 Å². The van der Waals surface area contributed by atoms with Crippen LogP contribution in [0.15, 0.2) is 53.5 Å². The highest BCUT2D eigenvalue weighted by Gasteiger charge is 2.20. The minimum atomic E-state index is -0.367. The van der Waals surface area contributed by atoms with E-state index in [0.717, 1.165) is 17.1 Å². The third-order valence-corrected chi connectivity index (χ3v) is 5.20. The molecule has 2 aromatic heterocycles. The lowest BCUT2D eigenvalue weighted by Crippen LogP contribution is -2.32. The monoisotopic (exact) mass is 412 g/mol. The van der Waals surface area contributed by atoms with Gasteiger partial charge in [0.05, 0.1) is 7.11 Å². The SMILES string of the molecule is COc1ccc([C@@H](NC(=O)CCCNC(=O)c2ccsc2)c2nccn2C)cc1. The van der Waals surface area contributed by atoms with Crippen LogP contribution in [-0.2, 0) is 11.8 Å². The largest absolute Gasteiger partial charge is 0.497 e. The van der Waals surface area contributed by atoms with Gasteiger partial charge in [-0.2, -0.15) is 11.3 Å². The van der Waals surface area contributed by atoms with Gasteiger partial charge in [-0.15, -0.1) is 0 Å². The molecule has 0 aliphatic rings. The van der Waals surface area contributed by atoms with E-state index >= 15 is 0 Å². The highest BCUT2D eigenvalue weighted by Crippen LogP contribution is 2.23. The Kier molecular flexibility index (Phi) is 7.02. The maximum absolute atomic E-state index is 12.5. The predicted molar refractivity (Wildman–Crippen MR) is 112 cm³/mol. The van der Waals surface area contributed by atoms with Crippen molar-refractivity contribution in [3.05, 3.63) is 70.4 Å². The Morgan fingerprint density at radius 1 is 1.24 bits per heavy atom. The number of carbonyl (C=O) groups is 2. The third kappa shape index (κ3) is 5.45. The zero-order chi connectivity index (χ0) is 20.6. The van der Waals surface area contributed by atoms with Gasteiger partial charge in [0.1, 0.15) is 17.6 Å². The predicted octanol–water partition coefficient (Wildman–Crippen LogP) is 2.91. The maximum atomic E-state index is 12.5. The molecule has 152 valence electrons. The van der Waals surface area contributed by atoms with E-state index in [1.807, 2.05) is 47.5 Å². The topological polar surface area (TPSA) is 85.2 Å². The van der Waals surface area contributed by atoms with E-state index in [1.165, 1.54) is 11.3 Å². The number of ether oxygens (including phenoxy) is 1. The van der Waals surface area contributed by atoms with E-state index < -0.39 is 0 Å². The summed E-state index contributed by atoms with van der Waals surface area (Å²) in [5.74, 6) is 1.28. The van der Waals surface area contributed by atoms with E-state index in [-0.39, 0.29) is 17.9 Å². The number of nitrogens with one attached hydrogen (secondary N) is 2. The van der Waals surface area contributed by atoms with Crippen molar-refractivity contribution in [2.24, 2.45) is 7.05 Å². The smallest absolute Gasteiger partial charge is 0.252 e. The zero-order valence-electron chi connectivity index (χ0n) is 16.4. The number of carbonyl (C=O) groups excluding carboxylic acids is 2. The van der Waals surface area contributed by atoms with Crippen LogP contribution in [0.1, 0.15) is 40.6 Å². The van der Waals surface area contributed by atoms with Crippen LogP contribution < -0.4 is 15.4 Å². The molecule has 7 nitrogen and oxygen atoms in total. The summed E-state index contributed by atoms with van der Waals surface area (Å²) in [6.07, 6.45) is 4.41. The molecule has 0 spiro atoms. The van der Waals surface area contributed by atoms with Crippen molar-refractivity contribution >= 4 is 23.2 Å². The van der Waals surface area contributed by atoms with Crippen molar-refractivity contribution < 1.29 is 14.3 Å². The number of methoxy groups -OCH3 is 1. The highest BCUT2D eigenvalue weighted by molar-refractivity contribution is 7.08. The molecule has 2 heterocycles. The van der Waals surface area contributed by atoms with E-state index in [1.54, 1.807) is 24.8 Å². The van der Waals surface area contributed by atoms with Gasteiger partial charge >= 0.3 is 0 Å². The third-order valence-electron chi connectivity index (χ3n) is 4.52. The summed E-state index contributed by atoms with van der Waals surface area (Å²) < 4.78 is 7.10. The molecule has 0 aliphatic carbocycles. The lowest BCUT2D eigenvalue weighted by molar-refractivity contribution is -0.121. The number of aromatic nitrogens is 2. The Hall–Kier alpha value is -3.13. The number of rotatable bonds is 9. The van der Waals surface area contributed by atoms with Gasteiger partial charge in [0.2, 0.25) is 5.91 Å². The van der Waals surface area contributed by atoms with Crippen LogP contribution in [0.4, 0.5) is 0 Å². The standard InChI is InChI=1S/C21H24N4O3S/c1-25-12-11-22-20(25)19(15-5-7-17(28-2)8-6-15)24-18(26)4-3-10-23-21(27)16-9-13-29-14-16/h5-9,11-14,19H,3-4,10H2,1-2H3,(H,23,27)(H,24,26)/t19-/m1/s1. The van der Waals surface area contributed by atoms with Gasteiger partial charge in [0.25, 0.3) is 5.91 Å². The van der Waals surface area contributed by atoms with Crippen molar-refractivity contribution in [1.82, 2.24) is 20.2 Å². The van der Waals surface area contributed by atoms with Gasteiger partial charge in [-0.25, -0.2) is 4.98 Å². The summed E-state index contributed by atoms with van der Waals surface area (Å²) in [6, 6.07) is 8.96. The van der Waals surface area contributed by atoms with Crippen molar-refractivity contribution in [2.45, 2.75) is 18.9 Å². The first-order chi connectivity index (χ1) is 14.1. The fraction of sp³-hybridized carbons (Fsp3) is 0.286. The van der Waals surface area contributed by atoms with Crippen molar-refractivity contribution in [2.75, 3.05) is 13.7 Å². The first-order valence-corrected chi connectivity index (χ1v) is 10.2. The lowest BCUT2D eigenvalue weighted by atomic mass is 10.1. The number of aryl methyl sites for hydroxylation is 1. The first-order valence-electron chi connectivity index (χ1n) is 9.29. The molecule has 29 heavy (non-hydrogen) atoms. The number of hydrogen-bond acceptors (Lipinski definition) is 5. The number of nitrogens with zero attached hydrogens (tertiary/aromatic N) is 2. The average molecular weight is 413 g/mol. The lowest BCUT2D eigenvalue weighted by Gasteiger charge is -2.19. The summed E-state index contributed by atoms with van der Waals surface area (Å²) in [4.78, 5) is 28.9. The first kappa shape index (κ1) is 20.6. The molecule has 2 amide bonds. The van der Waals surface area contributed by atoms with Gasteiger partial charge < -0.3 is 19.9 Å². The molecule has 3 rings (SSSR count). The van der Waals surface area contributed by atoms with Crippen LogP contribution in [0.25, 0.3) is 0 Å². The minimum Gasteiger partial charge on any atom is -0.497 e. The molecule has 2 N–H and O–H groups in total. The molecule has 1 atom stereocenters. The molecule has 0 unspecified atom stereocenters. The molecule has 0 saturated carbocycles. The average Bonchev–Trinajstić information content (AvgIpc) is 3.41. The normalized spacial score (nSPS) is 11.7. The number of imidazole rings is 1. The van der Waals surface area contributed by atoms with Gasteiger partial charge in [-0.05, 0) is 35.6 Å². The second-order valence-electron chi connectivity index (χ2n) is 6.54. The Balaban J connectivity index is 1.58. The van der Waals surface area contributed by atoms with Crippen LogP contribution >= 0.6 is 11.3 Å². The fourth-order valence-corrected chi connectivity index (χ4v) is 3.56. The molecule has 0 fully saturated rings. The summed E-state index contributed by atoms with van der Waals surface area (Å²) in [5, 5.41) is 9.55. The molecule has 1 aromatic carbocycles. The van der Waals surface area contributed by atoms with Crippen molar-refractivity contribution in [3.63, 3.8) is 0 Å². The van der Waals surface area contributed by atoms with Crippen molar-refractivity contribution in [1.29, 1.82) is 0 Å². The highest BCUT2D eigenvalue weighted by atomic mass is 32.1. The van der Waals surface area contributed by atoms with E-state index in [0.29, 0.717) is 24.9 Å². The van der Waals surface area contributed by atoms with Crippen molar-refractivity contribution in [3.8, 4) is 5.75 Å². The Morgan fingerprint density at radius 2 is 2.03 bits per heavy atom. The van der Waals surface area contributed by atoms with Gasteiger partial charge in [-0.3, -0.25) is 9.59 Å². The zero-order valence-corrected chi connectivity index (χ0v) is 17.2. The molecule has 8 heteroatoms. The van der Waals surface area contributed by atoms with Gasteiger partial charge in [0, 0.05) is 43.4 Å². The summed E-state index contributed by atoms with van der Waals surface area (Å²) in [5.41, 5.74) is 1.56. The fourth-order valence-electron chi connectivity index (χ4n) is 2.93. The van der Waals surface area contributed by atoms with Crippen LogP contribution in [-0.4, -0.2) is 35.0 Å². The molecule has 0 saturated heterocycles. The quantitative estimate of drug-likeness (QED) is 0.529. The number of benzene rings is 1. The summed E-state index contributed by atoms with van der Waals surface area (Å²) in [6.45, 7) is 0.442. The second-order valence-corrected chi connectivity index (χ2v) is 7.32. The summed E-state index contributed by atoms with van der Waals surface area (Å²) >= 11 is 1.48. The molecule has 3 aromatic rings. The Bertz CT molecular complexity index is 935. The van der Waals surface area contributed by atoms with Crippen LogP contribution in [0.3, 0.4) is 0 Å². The molecule has 0 bridgehead atoms. The van der Waals surface area contributed by atoms with Gasteiger partial charge in [0.15, 0.2) is 0 Å². The van der Waals surface area contributed by atoms with E-state index in [2.05, 4.69) is 15.6 Å². The second kappa shape index (κ2) is 9.88. The molecule has 0 radical (unpaired) electrons. The molecular formula is C21H24N4O3S. The Labute approximate surface area is 173 Å². The maximum Gasteiger partial charge on any atom is 0.252 e. The van der Waals surface area contributed by atoms with E-state index in [9.17, 15) is 9.59 Å². The minimum absolute atomic E-state index is 0.0985. The molecule has 0 aliphatic heterocycles. The number of hydrogen-bond donors (Lipinski definition) is 2. The number of thiophene rings is 1. The number of amides is 2. The molecular weight excluding hydrogens is 388 g/mol. The van der Waals surface area contributed by atoms with Crippen LogP contribution in [0.5, 0.6) is 5.75 Å². The van der Waals surface area contributed by atoms with Crippen LogP contribution in [0.2, 0.25) is 0 Å². The van der Waals surface area contributed by atoms with E-state index in [4.69, 9.17) is 4.74 Å². The Morgan fingerprint density at radius 3 is 2.66 bits per heavy atom. The van der Waals surface area contributed by atoms with Crippen LogP contribution in [0, 0.1) is 0 Å².